The van der Waals surface area contributed by atoms with Crippen LogP contribution in [-0.4, -0.2) is 25.6 Å². The van der Waals surface area contributed by atoms with E-state index >= 15 is 0 Å². The first-order valence-corrected chi connectivity index (χ1v) is 10.6. The standard InChI is InChI=1S/C23H25ClN4S/c1-14(2)27-22(21(26-23(27)29)20-10-5-6-11-25-20)19-12-15(3)28(16(19)4)18-9-7-8-17(24)13-18/h5-14,21-22H,1-4H3,(H,26,29)/t21-,22-/m1/s1. The van der Waals surface area contributed by atoms with Crippen molar-refractivity contribution in [2.24, 2.45) is 0 Å². The van der Waals surface area contributed by atoms with Crippen LogP contribution in [0, 0.1) is 13.8 Å². The summed E-state index contributed by atoms with van der Waals surface area (Å²) in [6.07, 6.45) is 1.84. The number of halogens is 1. The molecule has 4 nitrogen and oxygen atoms in total. The van der Waals surface area contributed by atoms with E-state index in [0.717, 1.165) is 21.5 Å². The molecule has 1 fully saturated rings. The topological polar surface area (TPSA) is 33.1 Å². The van der Waals surface area contributed by atoms with Crippen LogP contribution >= 0.6 is 23.8 Å². The molecule has 2 atom stereocenters. The van der Waals surface area contributed by atoms with Crippen LogP contribution in [0.3, 0.4) is 0 Å². The highest BCUT2D eigenvalue weighted by Gasteiger charge is 2.42. The molecule has 0 radical (unpaired) electrons. The van der Waals surface area contributed by atoms with Crippen molar-refractivity contribution in [3.05, 3.63) is 82.4 Å². The molecule has 0 spiro atoms. The summed E-state index contributed by atoms with van der Waals surface area (Å²) in [5.41, 5.74) is 5.67. The summed E-state index contributed by atoms with van der Waals surface area (Å²) in [6.45, 7) is 8.65. The van der Waals surface area contributed by atoms with Crippen molar-refractivity contribution in [3.63, 3.8) is 0 Å². The summed E-state index contributed by atoms with van der Waals surface area (Å²) in [4.78, 5) is 6.91. The lowest BCUT2D eigenvalue weighted by molar-refractivity contribution is 0.269. The van der Waals surface area contributed by atoms with Crippen LogP contribution in [-0.2, 0) is 0 Å². The van der Waals surface area contributed by atoms with Gasteiger partial charge in [-0.2, -0.15) is 0 Å². The third kappa shape index (κ3) is 3.53. The molecule has 3 aromatic rings. The highest BCUT2D eigenvalue weighted by atomic mass is 35.5. The van der Waals surface area contributed by atoms with Crippen LogP contribution < -0.4 is 5.32 Å². The Morgan fingerprint density at radius 2 is 1.90 bits per heavy atom. The van der Waals surface area contributed by atoms with Crippen LogP contribution in [0.1, 0.15) is 48.6 Å². The van der Waals surface area contributed by atoms with Gasteiger partial charge in [0.15, 0.2) is 5.11 Å². The van der Waals surface area contributed by atoms with Crippen molar-refractivity contribution in [3.8, 4) is 5.69 Å². The predicted molar refractivity (Wildman–Crippen MR) is 123 cm³/mol. The average molecular weight is 425 g/mol. The number of aromatic nitrogens is 2. The van der Waals surface area contributed by atoms with Crippen molar-refractivity contribution >= 4 is 28.9 Å². The highest BCUT2D eigenvalue weighted by Crippen LogP contribution is 2.42. The van der Waals surface area contributed by atoms with E-state index in [1.54, 1.807) is 0 Å². The van der Waals surface area contributed by atoms with Crippen molar-refractivity contribution in [2.75, 3.05) is 0 Å². The molecule has 1 N–H and O–H groups in total. The van der Waals surface area contributed by atoms with Crippen LogP contribution in [0.15, 0.2) is 54.7 Å². The van der Waals surface area contributed by atoms with E-state index in [2.05, 4.69) is 65.7 Å². The Morgan fingerprint density at radius 3 is 2.55 bits per heavy atom. The molecule has 0 unspecified atom stereocenters. The molecule has 0 aliphatic carbocycles. The largest absolute Gasteiger partial charge is 0.352 e. The molecular weight excluding hydrogens is 400 g/mol. The fourth-order valence-corrected chi connectivity index (χ4v) is 4.99. The first-order valence-electron chi connectivity index (χ1n) is 9.83. The number of hydrogen-bond donors (Lipinski definition) is 1. The second kappa shape index (κ2) is 7.81. The number of hydrogen-bond acceptors (Lipinski definition) is 2. The summed E-state index contributed by atoms with van der Waals surface area (Å²) in [6, 6.07) is 16.6. The Bertz CT molecular complexity index is 1040. The second-order valence-electron chi connectivity index (χ2n) is 7.77. The smallest absolute Gasteiger partial charge is 0.170 e. The summed E-state index contributed by atoms with van der Waals surface area (Å²) < 4.78 is 2.26. The van der Waals surface area contributed by atoms with Gasteiger partial charge in [0.1, 0.15) is 0 Å². The van der Waals surface area contributed by atoms with E-state index in [-0.39, 0.29) is 18.1 Å². The molecule has 29 heavy (non-hydrogen) atoms. The minimum Gasteiger partial charge on any atom is -0.352 e. The molecule has 2 aromatic heterocycles. The number of aryl methyl sites for hydroxylation is 1. The molecule has 0 bridgehead atoms. The number of rotatable bonds is 4. The Morgan fingerprint density at radius 1 is 1.10 bits per heavy atom. The maximum absolute atomic E-state index is 6.26. The van der Waals surface area contributed by atoms with Crippen LogP contribution in [0.5, 0.6) is 0 Å². The summed E-state index contributed by atoms with van der Waals surface area (Å²) in [5, 5.41) is 5.02. The number of nitrogens with one attached hydrogen (secondary N) is 1. The third-order valence-electron chi connectivity index (χ3n) is 5.55. The van der Waals surface area contributed by atoms with Gasteiger partial charge in [-0.15, -0.1) is 0 Å². The summed E-state index contributed by atoms with van der Waals surface area (Å²) in [7, 11) is 0. The SMILES string of the molecule is Cc1cc([C@@H]2[C@@H](c3ccccn3)NC(=S)N2C(C)C)c(C)n1-c1cccc(Cl)c1. The molecule has 150 valence electrons. The maximum atomic E-state index is 6.26. The fourth-order valence-electron chi connectivity index (χ4n) is 4.35. The maximum Gasteiger partial charge on any atom is 0.170 e. The Kier molecular flexibility index (Phi) is 5.36. The molecular formula is C23H25ClN4S. The highest BCUT2D eigenvalue weighted by molar-refractivity contribution is 7.80. The van der Waals surface area contributed by atoms with Gasteiger partial charge in [-0.05, 0) is 81.9 Å². The lowest BCUT2D eigenvalue weighted by atomic mass is 9.96. The molecule has 1 aliphatic rings. The van der Waals surface area contributed by atoms with E-state index in [4.69, 9.17) is 23.8 Å². The second-order valence-corrected chi connectivity index (χ2v) is 8.59. The third-order valence-corrected chi connectivity index (χ3v) is 6.11. The lowest BCUT2D eigenvalue weighted by Gasteiger charge is -2.31. The molecule has 1 aliphatic heterocycles. The van der Waals surface area contributed by atoms with Gasteiger partial charge < -0.3 is 14.8 Å². The normalized spacial score (nSPS) is 19.1. The van der Waals surface area contributed by atoms with Gasteiger partial charge in [0.2, 0.25) is 0 Å². The van der Waals surface area contributed by atoms with Crippen LogP contribution in [0.4, 0.5) is 0 Å². The van der Waals surface area contributed by atoms with Crippen LogP contribution in [0.25, 0.3) is 5.69 Å². The van der Waals surface area contributed by atoms with Gasteiger partial charge in [0.25, 0.3) is 0 Å². The summed E-state index contributed by atoms with van der Waals surface area (Å²) >= 11 is 12.0. The van der Waals surface area contributed by atoms with Crippen molar-refractivity contribution in [2.45, 2.75) is 45.8 Å². The minimum absolute atomic E-state index is 0.000545. The molecule has 0 saturated carbocycles. The van der Waals surface area contributed by atoms with Crippen LogP contribution in [0.2, 0.25) is 5.02 Å². The quantitative estimate of drug-likeness (QED) is 0.558. The molecule has 1 aromatic carbocycles. The van der Waals surface area contributed by atoms with Gasteiger partial charge in [-0.1, -0.05) is 23.7 Å². The molecule has 6 heteroatoms. The zero-order valence-electron chi connectivity index (χ0n) is 17.1. The first kappa shape index (κ1) is 19.9. The number of nitrogens with zero attached hydrogens (tertiary/aromatic N) is 3. The molecule has 4 rings (SSSR count). The zero-order chi connectivity index (χ0) is 20.7. The molecule has 0 amide bonds. The number of benzene rings is 1. The van der Waals surface area contributed by atoms with Gasteiger partial charge in [0.05, 0.1) is 17.8 Å². The molecule has 3 heterocycles. The van der Waals surface area contributed by atoms with E-state index < -0.39 is 0 Å². The monoisotopic (exact) mass is 424 g/mol. The van der Waals surface area contributed by atoms with Gasteiger partial charge in [0, 0.05) is 34.3 Å². The number of thiocarbonyl (C=S) groups is 1. The van der Waals surface area contributed by atoms with Crippen molar-refractivity contribution in [1.82, 2.24) is 19.8 Å². The molecule has 1 saturated heterocycles. The van der Waals surface area contributed by atoms with E-state index in [1.165, 1.54) is 17.0 Å². The van der Waals surface area contributed by atoms with Crippen molar-refractivity contribution in [1.29, 1.82) is 0 Å². The Balaban J connectivity index is 1.86. The summed E-state index contributed by atoms with van der Waals surface area (Å²) in [5.74, 6) is 0. The number of pyridine rings is 1. The average Bonchev–Trinajstić information content (AvgIpc) is 3.18. The first-order chi connectivity index (χ1) is 13.9. The predicted octanol–water partition coefficient (Wildman–Crippen LogP) is 5.52. The fraction of sp³-hybridized carbons (Fsp3) is 0.304. The minimum atomic E-state index is -0.000545. The van der Waals surface area contributed by atoms with E-state index in [0.29, 0.717) is 0 Å². The zero-order valence-corrected chi connectivity index (χ0v) is 18.6. The van der Waals surface area contributed by atoms with Gasteiger partial charge in [-0.25, -0.2) is 0 Å². The van der Waals surface area contributed by atoms with Gasteiger partial charge >= 0.3 is 0 Å². The Labute approximate surface area is 182 Å². The van der Waals surface area contributed by atoms with E-state index in [1.807, 2.05) is 36.5 Å². The lowest BCUT2D eigenvalue weighted by Crippen LogP contribution is -2.35. The Hall–Kier alpha value is -2.37. The van der Waals surface area contributed by atoms with Gasteiger partial charge in [-0.3, -0.25) is 4.98 Å². The van der Waals surface area contributed by atoms with E-state index in [9.17, 15) is 0 Å². The van der Waals surface area contributed by atoms with Crippen molar-refractivity contribution < 1.29 is 0 Å².